The summed E-state index contributed by atoms with van der Waals surface area (Å²) in [5.41, 5.74) is 7.24. The number of rotatable bonds is 6. The summed E-state index contributed by atoms with van der Waals surface area (Å²) < 4.78 is 0. The van der Waals surface area contributed by atoms with Gasteiger partial charge in [0, 0.05) is 17.5 Å². The molecule has 0 aliphatic rings. The topological polar surface area (TPSA) is 42.2 Å². The Balaban J connectivity index is 2.45. The van der Waals surface area contributed by atoms with Crippen molar-refractivity contribution >= 4 is 11.3 Å². The number of nitrogens with zero attached hydrogens (tertiary/aromatic N) is 2. The summed E-state index contributed by atoms with van der Waals surface area (Å²) in [6, 6.07) is 0.668. The van der Waals surface area contributed by atoms with E-state index in [4.69, 9.17) is 5.73 Å². The zero-order valence-corrected chi connectivity index (χ0v) is 12.4. The third kappa shape index (κ3) is 4.37. The van der Waals surface area contributed by atoms with Gasteiger partial charge in [-0.1, -0.05) is 13.8 Å². The van der Waals surface area contributed by atoms with Crippen LogP contribution in [-0.2, 0) is 0 Å². The SMILES string of the molecule is Cc1nc(C(C)N(C)CCC(N)C(C)C)cs1. The number of hydrogen-bond donors (Lipinski definition) is 1. The van der Waals surface area contributed by atoms with E-state index in [0.29, 0.717) is 18.0 Å². The first kappa shape index (κ1) is 14.6. The number of hydrogen-bond acceptors (Lipinski definition) is 4. The van der Waals surface area contributed by atoms with Crippen molar-refractivity contribution in [2.24, 2.45) is 11.7 Å². The number of aryl methyl sites for hydroxylation is 1. The second-order valence-electron chi connectivity index (χ2n) is 5.14. The van der Waals surface area contributed by atoms with Crippen LogP contribution in [0.1, 0.15) is 43.9 Å². The second kappa shape index (κ2) is 6.47. The van der Waals surface area contributed by atoms with Crippen LogP contribution in [0.4, 0.5) is 0 Å². The van der Waals surface area contributed by atoms with Gasteiger partial charge in [-0.3, -0.25) is 4.90 Å². The van der Waals surface area contributed by atoms with Crippen LogP contribution in [0.3, 0.4) is 0 Å². The Hall–Kier alpha value is -0.450. The molecule has 0 amide bonds. The van der Waals surface area contributed by atoms with E-state index in [1.807, 2.05) is 0 Å². The quantitative estimate of drug-likeness (QED) is 0.850. The highest BCUT2D eigenvalue weighted by molar-refractivity contribution is 7.09. The fraction of sp³-hybridized carbons (Fsp3) is 0.769. The maximum Gasteiger partial charge on any atom is 0.0898 e. The van der Waals surface area contributed by atoms with Crippen LogP contribution in [-0.4, -0.2) is 29.5 Å². The average Bonchev–Trinajstić information content (AvgIpc) is 2.70. The van der Waals surface area contributed by atoms with Crippen molar-refractivity contribution in [2.45, 2.75) is 46.2 Å². The van der Waals surface area contributed by atoms with Crippen molar-refractivity contribution in [3.05, 3.63) is 16.1 Å². The zero-order valence-electron chi connectivity index (χ0n) is 11.6. The highest BCUT2D eigenvalue weighted by Crippen LogP contribution is 2.21. The van der Waals surface area contributed by atoms with Crippen molar-refractivity contribution < 1.29 is 0 Å². The van der Waals surface area contributed by atoms with Gasteiger partial charge in [0.25, 0.3) is 0 Å². The first-order valence-corrected chi connectivity index (χ1v) is 7.17. The van der Waals surface area contributed by atoms with Crippen molar-refractivity contribution in [2.75, 3.05) is 13.6 Å². The normalized spacial score (nSPS) is 15.5. The lowest BCUT2D eigenvalue weighted by Gasteiger charge is -2.25. The van der Waals surface area contributed by atoms with E-state index in [1.165, 1.54) is 5.69 Å². The van der Waals surface area contributed by atoms with Gasteiger partial charge < -0.3 is 5.73 Å². The fourth-order valence-corrected chi connectivity index (χ4v) is 2.38. The molecule has 0 saturated heterocycles. The number of nitrogens with two attached hydrogens (primary N) is 1. The van der Waals surface area contributed by atoms with Crippen LogP contribution in [0, 0.1) is 12.8 Å². The molecule has 2 atom stereocenters. The maximum absolute atomic E-state index is 6.07. The molecule has 0 spiro atoms. The Morgan fingerprint density at radius 1 is 1.41 bits per heavy atom. The molecule has 98 valence electrons. The third-order valence-corrected chi connectivity index (χ3v) is 4.19. The smallest absolute Gasteiger partial charge is 0.0898 e. The monoisotopic (exact) mass is 255 g/mol. The molecule has 1 aromatic heterocycles. The first-order valence-electron chi connectivity index (χ1n) is 6.29. The third-order valence-electron chi connectivity index (χ3n) is 3.40. The lowest BCUT2D eigenvalue weighted by atomic mass is 10.0. The minimum Gasteiger partial charge on any atom is -0.327 e. The molecule has 1 aromatic rings. The second-order valence-corrected chi connectivity index (χ2v) is 6.21. The molecule has 4 heteroatoms. The molecule has 2 N–H and O–H groups in total. The summed E-state index contributed by atoms with van der Waals surface area (Å²) in [7, 11) is 2.15. The van der Waals surface area contributed by atoms with Crippen LogP contribution in [0.2, 0.25) is 0 Å². The van der Waals surface area contributed by atoms with Crippen molar-refractivity contribution in [1.82, 2.24) is 9.88 Å². The van der Waals surface area contributed by atoms with Crippen LogP contribution in [0.5, 0.6) is 0 Å². The molecule has 3 nitrogen and oxygen atoms in total. The molecular formula is C13H25N3S. The van der Waals surface area contributed by atoms with Gasteiger partial charge in [0.1, 0.15) is 0 Å². The van der Waals surface area contributed by atoms with E-state index in [1.54, 1.807) is 11.3 Å². The summed E-state index contributed by atoms with van der Waals surface area (Å²) in [5, 5.41) is 3.29. The van der Waals surface area contributed by atoms with Crippen molar-refractivity contribution in [3.63, 3.8) is 0 Å². The summed E-state index contributed by atoms with van der Waals surface area (Å²) in [6.07, 6.45) is 1.04. The largest absolute Gasteiger partial charge is 0.327 e. The van der Waals surface area contributed by atoms with Gasteiger partial charge in [-0.2, -0.15) is 0 Å². The molecule has 0 aliphatic heterocycles. The maximum atomic E-state index is 6.07. The molecule has 1 rings (SSSR count). The lowest BCUT2D eigenvalue weighted by Crippen LogP contribution is -2.33. The minimum absolute atomic E-state index is 0.293. The lowest BCUT2D eigenvalue weighted by molar-refractivity contribution is 0.240. The van der Waals surface area contributed by atoms with Gasteiger partial charge >= 0.3 is 0 Å². The highest BCUT2D eigenvalue weighted by atomic mass is 32.1. The molecule has 17 heavy (non-hydrogen) atoms. The van der Waals surface area contributed by atoms with Gasteiger partial charge in [-0.15, -0.1) is 11.3 Å². The molecule has 0 aliphatic carbocycles. The Labute approximate surface area is 109 Å². The van der Waals surface area contributed by atoms with Gasteiger partial charge in [0.2, 0.25) is 0 Å². The zero-order chi connectivity index (χ0) is 13.0. The Morgan fingerprint density at radius 3 is 2.53 bits per heavy atom. The van der Waals surface area contributed by atoms with Crippen LogP contribution >= 0.6 is 11.3 Å². The van der Waals surface area contributed by atoms with E-state index in [-0.39, 0.29) is 0 Å². The molecular weight excluding hydrogens is 230 g/mol. The molecule has 1 heterocycles. The average molecular weight is 255 g/mol. The van der Waals surface area contributed by atoms with E-state index in [0.717, 1.165) is 18.0 Å². The molecule has 0 saturated carbocycles. The summed E-state index contributed by atoms with van der Waals surface area (Å²) in [5.74, 6) is 0.556. The van der Waals surface area contributed by atoms with Gasteiger partial charge in [0.05, 0.1) is 10.7 Å². The Kier molecular flexibility index (Phi) is 5.56. The Morgan fingerprint density at radius 2 is 2.06 bits per heavy atom. The minimum atomic E-state index is 0.293. The summed E-state index contributed by atoms with van der Waals surface area (Å²) >= 11 is 1.72. The molecule has 0 aromatic carbocycles. The number of aromatic nitrogens is 1. The predicted molar refractivity (Wildman–Crippen MR) is 75.3 cm³/mol. The number of thiazole rings is 1. The van der Waals surface area contributed by atoms with E-state index < -0.39 is 0 Å². The van der Waals surface area contributed by atoms with E-state index in [9.17, 15) is 0 Å². The predicted octanol–water partition coefficient (Wildman–Crippen LogP) is 2.82. The van der Waals surface area contributed by atoms with E-state index in [2.05, 4.69) is 50.0 Å². The van der Waals surface area contributed by atoms with Gasteiger partial charge in [-0.05, 0) is 39.8 Å². The van der Waals surface area contributed by atoms with Crippen LogP contribution in [0.15, 0.2) is 5.38 Å². The standard InChI is InChI=1S/C13H25N3S/c1-9(2)12(14)6-7-16(5)10(3)13-8-17-11(4)15-13/h8-10,12H,6-7,14H2,1-5H3. The van der Waals surface area contributed by atoms with Crippen LogP contribution in [0.25, 0.3) is 0 Å². The molecule has 0 bridgehead atoms. The van der Waals surface area contributed by atoms with Crippen molar-refractivity contribution in [3.8, 4) is 0 Å². The summed E-state index contributed by atoms with van der Waals surface area (Å²) in [6.45, 7) is 9.64. The van der Waals surface area contributed by atoms with Gasteiger partial charge in [0.15, 0.2) is 0 Å². The summed E-state index contributed by atoms with van der Waals surface area (Å²) in [4.78, 5) is 6.87. The first-order chi connectivity index (χ1) is 7.91. The molecule has 2 unspecified atom stereocenters. The highest BCUT2D eigenvalue weighted by Gasteiger charge is 2.16. The Bertz CT molecular complexity index is 335. The fourth-order valence-electron chi connectivity index (χ4n) is 1.68. The molecule has 0 fully saturated rings. The van der Waals surface area contributed by atoms with Gasteiger partial charge in [-0.25, -0.2) is 4.98 Å². The molecule has 0 radical (unpaired) electrons. The van der Waals surface area contributed by atoms with Crippen LogP contribution < -0.4 is 5.73 Å². The van der Waals surface area contributed by atoms with E-state index >= 15 is 0 Å². The van der Waals surface area contributed by atoms with Crippen molar-refractivity contribution in [1.29, 1.82) is 0 Å².